The van der Waals surface area contributed by atoms with Crippen molar-refractivity contribution in [2.24, 2.45) is 0 Å². The van der Waals surface area contributed by atoms with Gasteiger partial charge < -0.3 is 15.2 Å². The highest BCUT2D eigenvalue weighted by molar-refractivity contribution is 7.91. The minimum atomic E-state index is -3.44. The number of carbonyl (C=O) groups is 1. The van der Waals surface area contributed by atoms with Crippen molar-refractivity contribution in [3.8, 4) is 11.5 Å². The Hall–Kier alpha value is -2.54. The van der Waals surface area contributed by atoms with Crippen LogP contribution < -0.4 is 10.1 Å². The molecule has 2 aromatic carbocycles. The summed E-state index contributed by atoms with van der Waals surface area (Å²) in [5.74, 6) is -0.0244. The van der Waals surface area contributed by atoms with E-state index in [4.69, 9.17) is 4.74 Å². The van der Waals surface area contributed by atoms with Gasteiger partial charge in [0.25, 0.3) is 5.91 Å². The number of nitrogens with one attached hydrogen (secondary N) is 1. The molecule has 0 aromatic heterocycles. The van der Waals surface area contributed by atoms with E-state index >= 15 is 0 Å². The molecule has 28 heavy (non-hydrogen) atoms. The second kappa shape index (κ2) is 10.1. The normalized spacial score (nSPS) is 11.2. The molecule has 2 rings (SSSR count). The monoisotopic (exact) mass is 405 g/mol. The van der Waals surface area contributed by atoms with Crippen LogP contribution >= 0.6 is 0 Å². The van der Waals surface area contributed by atoms with Crippen molar-refractivity contribution in [1.82, 2.24) is 0 Å². The summed E-state index contributed by atoms with van der Waals surface area (Å²) < 4.78 is 29.6. The van der Waals surface area contributed by atoms with Crippen molar-refractivity contribution in [2.45, 2.75) is 44.4 Å². The summed E-state index contributed by atoms with van der Waals surface area (Å²) in [5, 5.41) is 12.5. The minimum absolute atomic E-state index is 0.0509. The first kappa shape index (κ1) is 21.8. The van der Waals surface area contributed by atoms with Crippen LogP contribution in [0.15, 0.2) is 47.4 Å². The fourth-order valence-corrected chi connectivity index (χ4v) is 3.50. The van der Waals surface area contributed by atoms with Gasteiger partial charge in [0.05, 0.1) is 22.9 Å². The number of carbonyl (C=O) groups excluding carboxylic acids is 1. The van der Waals surface area contributed by atoms with E-state index in [0.29, 0.717) is 17.9 Å². The minimum Gasteiger partial charge on any atom is -0.506 e. The predicted molar refractivity (Wildman–Crippen MR) is 110 cm³/mol. The molecule has 0 saturated carbocycles. The number of hydrogen-bond acceptors (Lipinski definition) is 5. The molecule has 6 nitrogen and oxygen atoms in total. The molecule has 2 aromatic rings. The number of sulfone groups is 1. The smallest absolute Gasteiger partial charge is 0.255 e. The number of unbranched alkanes of at least 4 members (excludes halogenated alkanes) is 3. The number of phenols is 1. The third-order valence-corrected chi connectivity index (χ3v) is 6.07. The Morgan fingerprint density at radius 2 is 1.75 bits per heavy atom. The summed E-state index contributed by atoms with van der Waals surface area (Å²) in [5.41, 5.74) is 0.428. The van der Waals surface area contributed by atoms with Crippen LogP contribution in [0.2, 0.25) is 0 Å². The summed E-state index contributed by atoms with van der Waals surface area (Å²) in [6.45, 7) is 4.33. The highest BCUT2D eigenvalue weighted by atomic mass is 32.2. The van der Waals surface area contributed by atoms with Crippen molar-refractivity contribution >= 4 is 21.4 Å². The van der Waals surface area contributed by atoms with Crippen LogP contribution in [0.3, 0.4) is 0 Å². The summed E-state index contributed by atoms with van der Waals surface area (Å²) >= 11 is 0. The van der Waals surface area contributed by atoms with Crippen LogP contribution in [-0.2, 0) is 9.84 Å². The number of rotatable bonds is 10. The number of anilines is 1. The molecule has 0 spiro atoms. The number of phenolic OH excluding ortho intramolecular Hbond substituents is 1. The lowest BCUT2D eigenvalue weighted by atomic mass is 10.2. The van der Waals surface area contributed by atoms with Crippen molar-refractivity contribution in [2.75, 3.05) is 17.7 Å². The van der Waals surface area contributed by atoms with Gasteiger partial charge in [-0.1, -0.05) is 33.1 Å². The molecule has 2 N–H and O–H groups in total. The zero-order valence-electron chi connectivity index (χ0n) is 16.3. The average Bonchev–Trinajstić information content (AvgIpc) is 2.69. The van der Waals surface area contributed by atoms with Gasteiger partial charge in [0.1, 0.15) is 11.5 Å². The van der Waals surface area contributed by atoms with Gasteiger partial charge >= 0.3 is 0 Å². The fraction of sp³-hybridized carbons (Fsp3) is 0.381. The number of benzene rings is 2. The van der Waals surface area contributed by atoms with E-state index in [9.17, 15) is 18.3 Å². The molecule has 0 bridgehead atoms. The molecule has 0 unspecified atom stereocenters. The van der Waals surface area contributed by atoms with Crippen molar-refractivity contribution in [3.05, 3.63) is 48.0 Å². The molecule has 0 atom stereocenters. The van der Waals surface area contributed by atoms with Gasteiger partial charge in [0.2, 0.25) is 0 Å². The molecule has 0 saturated heterocycles. The Bertz CT molecular complexity index is 892. The SMILES string of the molecule is CCCCCCOc1ccc(C(=O)Nc2cc(S(=O)(=O)CC)ccc2O)cc1. The van der Waals surface area contributed by atoms with E-state index in [1.807, 2.05) is 0 Å². The van der Waals surface area contributed by atoms with Gasteiger partial charge in [-0.15, -0.1) is 0 Å². The van der Waals surface area contributed by atoms with Crippen LogP contribution in [0.1, 0.15) is 49.9 Å². The van der Waals surface area contributed by atoms with E-state index in [0.717, 1.165) is 12.8 Å². The average molecular weight is 406 g/mol. The molecule has 1 amide bonds. The molecule has 0 aliphatic heterocycles. The van der Waals surface area contributed by atoms with Crippen molar-refractivity contribution in [3.63, 3.8) is 0 Å². The van der Waals surface area contributed by atoms with Gasteiger partial charge in [-0.3, -0.25) is 4.79 Å². The van der Waals surface area contributed by atoms with Crippen LogP contribution in [0.5, 0.6) is 11.5 Å². The van der Waals surface area contributed by atoms with Gasteiger partial charge in [0.15, 0.2) is 9.84 Å². The first-order valence-electron chi connectivity index (χ1n) is 9.47. The topological polar surface area (TPSA) is 92.7 Å². The summed E-state index contributed by atoms with van der Waals surface area (Å²) in [6, 6.07) is 10.5. The van der Waals surface area contributed by atoms with E-state index in [-0.39, 0.29) is 22.1 Å². The Balaban J connectivity index is 2.02. The van der Waals surface area contributed by atoms with Crippen molar-refractivity contribution < 1.29 is 23.1 Å². The van der Waals surface area contributed by atoms with Crippen molar-refractivity contribution in [1.29, 1.82) is 0 Å². The maximum atomic E-state index is 12.4. The van der Waals surface area contributed by atoms with Gasteiger partial charge in [-0.2, -0.15) is 0 Å². The highest BCUT2D eigenvalue weighted by Crippen LogP contribution is 2.27. The van der Waals surface area contributed by atoms with E-state index in [1.54, 1.807) is 24.3 Å². The summed E-state index contributed by atoms with van der Waals surface area (Å²) in [4.78, 5) is 12.5. The molecule has 0 fully saturated rings. The molecule has 152 valence electrons. The Labute approximate surface area is 166 Å². The summed E-state index contributed by atoms with van der Waals surface area (Å²) in [6.07, 6.45) is 4.49. The van der Waals surface area contributed by atoms with Gasteiger partial charge in [-0.05, 0) is 48.9 Å². The standard InChI is InChI=1S/C21H27NO5S/c1-3-5-6-7-14-27-17-10-8-16(9-11-17)21(24)22-19-15-18(12-13-20(19)23)28(25,26)4-2/h8-13,15,23H,3-7,14H2,1-2H3,(H,22,24). The molecule has 0 radical (unpaired) electrons. The number of aromatic hydroxyl groups is 1. The van der Waals surface area contributed by atoms with Gasteiger partial charge in [-0.25, -0.2) is 8.42 Å². The lowest BCUT2D eigenvalue weighted by Crippen LogP contribution is -2.13. The largest absolute Gasteiger partial charge is 0.506 e. The molecule has 0 aliphatic rings. The third kappa shape index (κ3) is 5.99. The number of amides is 1. The fourth-order valence-electron chi connectivity index (χ4n) is 2.59. The maximum absolute atomic E-state index is 12.4. The Kier molecular flexibility index (Phi) is 7.87. The Morgan fingerprint density at radius 3 is 2.39 bits per heavy atom. The zero-order valence-corrected chi connectivity index (χ0v) is 17.1. The van der Waals surface area contributed by atoms with Crippen LogP contribution in [0.4, 0.5) is 5.69 Å². The van der Waals surface area contributed by atoms with E-state index < -0.39 is 15.7 Å². The lowest BCUT2D eigenvalue weighted by Gasteiger charge is -2.10. The molecule has 0 aliphatic carbocycles. The molecule has 7 heteroatoms. The van der Waals surface area contributed by atoms with Crippen LogP contribution in [0.25, 0.3) is 0 Å². The first-order valence-corrected chi connectivity index (χ1v) is 11.1. The third-order valence-electron chi connectivity index (χ3n) is 4.34. The molecular weight excluding hydrogens is 378 g/mol. The lowest BCUT2D eigenvalue weighted by molar-refractivity contribution is 0.102. The zero-order chi connectivity index (χ0) is 20.6. The molecule has 0 heterocycles. The predicted octanol–water partition coefficient (Wildman–Crippen LogP) is 4.40. The van der Waals surface area contributed by atoms with E-state index in [1.165, 1.54) is 38.0 Å². The summed E-state index contributed by atoms with van der Waals surface area (Å²) in [7, 11) is -3.44. The van der Waals surface area contributed by atoms with Crippen LogP contribution in [-0.4, -0.2) is 31.8 Å². The highest BCUT2D eigenvalue weighted by Gasteiger charge is 2.16. The van der Waals surface area contributed by atoms with Crippen LogP contribution in [0, 0.1) is 0 Å². The second-order valence-corrected chi connectivity index (χ2v) is 8.75. The number of ether oxygens (including phenoxy) is 1. The molecular formula is C21H27NO5S. The van der Waals surface area contributed by atoms with Gasteiger partial charge in [0, 0.05) is 5.56 Å². The quantitative estimate of drug-likeness (QED) is 0.451. The maximum Gasteiger partial charge on any atom is 0.255 e. The first-order chi connectivity index (χ1) is 13.4. The van der Waals surface area contributed by atoms with E-state index in [2.05, 4.69) is 12.2 Å². The number of hydrogen-bond donors (Lipinski definition) is 2. The Morgan fingerprint density at radius 1 is 1.04 bits per heavy atom. The second-order valence-electron chi connectivity index (χ2n) is 6.47.